The number of nitrogens with zero attached hydrogens (tertiary/aromatic N) is 1. The van der Waals surface area contributed by atoms with Crippen molar-refractivity contribution in [3.05, 3.63) is 23.3 Å². The van der Waals surface area contributed by atoms with Gasteiger partial charge in [0.05, 0.1) is 21.3 Å². The van der Waals surface area contributed by atoms with Gasteiger partial charge in [-0.2, -0.15) is 0 Å². The molecule has 6 heteroatoms. The van der Waals surface area contributed by atoms with Gasteiger partial charge in [-0.15, -0.1) is 0 Å². The number of hydrogen-bond acceptors (Lipinski definition) is 6. The molecule has 6 nitrogen and oxygen atoms in total. The third-order valence-corrected chi connectivity index (χ3v) is 4.79. The van der Waals surface area contributed by atoms with Crippen molar-refractivity contribution in [3.63, 3.8) is 0 Å². The van der Waals surface area contributed by atoms with Crippen LogP contribution in [0.5, 0.6) is 11.5 Å². The van der Waals surface area contributed by atoms with Crippen molar-refractivity contribution in [3.8, 4) is 11.5 Å². The zero-order chi connectivity index (χ0) is 15.9. The highest BCUT2D eigenvalue weighted by molar-refractivity contribution is 5.84. The van der Waals surface area contributed by atoms with Crippen LogP contribution in [-0.2, 0) is 16.1 Å². The second-order valence-electron chi connectivity index (χ2n) is 5.96. The van der Waals surface area contributed by atoms with Crippen LogP contribution in [0.15, 0.2) is 12.1 Å². The van der Waals surface area contributed by atoms with Crippen molar-refractivity contribution in [2.24, 2.45) is 0 Å². The van der Waals surface area contributed by atoms with Gasteiger partial charge in [-0.25, -0.2) is 4.79 Å². The first-order valence-corrected chi connectivity index (χ1v) is 7.32. The Kier molecular flexibility index (Phi) is 3.74. The van der Waals surface area contributed by atoms with Crippen LogP contribution in [0, 0.1) is 0 Å². The number of carbonyl (C=O) groups excluding carboxylic acids is 1. The number of likely N-dealkylation sites (N-methyl/N-ethyl adjacent to an activating group) is 1. The van der Waals surface area contributed by atoms with Gasteiger partial charge in [0, 0.05) is 37.2 Å². The Morgan fingerprint density at radius 1 is 1.32 bits per heavy atom. The molecule has 2 heterocycles. The summed E-state index contributed by atoms with van der Waals surface area (Å²) in [6.07, 6.45) is 0. The Labute approximate surface area is 130 Å². The highest BCUT2D eigenvalue weighted by atomic mass is 16.5. The Bertz CT molecular complexity index is 604. The van der Waals surface area contributed by atoms with Gasteiger partial charge in [0.25, 0.3) is 0 Å². The Morgan fingerprint density at radius 2 is 2.09 bits per heavy atom. The number of hydrogen-bond donors (Lipinski definition) is 1. The lowest BCUT2D eigenvalue weighted by atomic mass is 9.76. The summed E-state index contributed by atoms with van der Waals surface area (Å²) in [7, 11) is 6.74. The number of nitrogens with one attached hydrogen (secondary N) is 1. The van der Waals surface area contributed by atoms with E-state index in [9.17, 15) is 4.79 Å². The largest absolute Gasteiger partial charge is 0.497 e. The fraction of sp³-hybridized carbons (Fsp3) is 0.562. The summed E-state index contributed by atoms with van der Waals surface area (Å²) in [4.78, 5) is 14.6. The molecular weight excluding hydrogens is 284 g/mol. The average molecular weight is 306 g/mol. The number of methoxy groups -OCH3 is 3. The molecule has 0 saturated carbocycles. The maximum Gasteiger partial charge on any atom is 0.328 e. The number of benzene rings is 1. The quantitative estimate of drug-likeness (QED) is 0.832. The summed E-state index contributed by atoms with van der Waals surface area (Å²) in [6.45, 7) is 1.98. The second-order valence-corrected chi connectivity index (χ2v) is 5.96. The fourth-order valence-corrected chi connectivity index (χ4v) is 3.76. The molecule has 1 aromatic rings. The summed E-state index contributed by atoms with van der Waals surface area (Å²) < 4.78 is 16.0. The van der Waals surface area contributed by atoms with Crippen molar-refractivity contribution < 1.29 is 19.0 Å². The summed E-state index contributed by atoms with van der Waals surface area (Å²) in [5.41, 5.74) is 1.49. The van der Waals surface area contributed by atoms with E-state index < -0.39 is 5.54 Å². The van der Waals surface area contributed by atoms with E-state index in [1.54, 1.807) is 14.2 Å². The lowest BCUT2D eigenvalue weighted by Crippen LogP contribution is -2.59. The van der Waals surface area contributed by atoms with E-state index in [1.807, 2.05) is 19.2 Å². The Hall–Kier alpha value is -1.79. The Morgan fingerprint density at radius 3 is 2.73 bits per heavy atom. The van der Waals surface area contributed by atoms with Crippen LogP contribution < -0.4 is 14.8 Å². The lowest BCUT2D eigenvalue weighted by Gasteiger charge is -2.39. The molecule has 3 rings (SSSR count). The summed E-state index contributed by atoms with van der Waals surface area (Å²) in [5, 5.41) is 3.41. The van der Waals surface area contributed by atoms with Gasteiger partial charge in [0.2, 0.25) is 0 Å². The molecule has 2 aliphatic rings. The van der Waals surface area contributed by atoms with E-state index in [0.29, 0.717) is 13.1 Å². The monoisotopic (exact) mass is 306 g/mol. The first-order valence-electron chi connectivity index (χ1n) is 7.32. The van der Waals surface area contributed by atoms with Crippen LogP contribution in [0.4, 0.5) is 0 Å². The van der Waals surface area contributed by atoms with Crippen LogP contribution in [0.1, 0.15) is 17.0 Å². The van der Waals surface area contributed by atoms with Crippen LogP contribution in [0.25, 0.3) is 0 Å². The van der Waals surface area contributed by atoms with E-state index >= 15 is 0 Å². The molecule has 1 aromatic carbocycles. The molecule has 0 unspecified atom stereocenters. The fourth-order valence-electron chi connectivity index (χ4n) is 3.76. The van der Waals surface area contributed by atoms with Crippen LogP contribution >= 0.6 is 0 Å². The SMILES string of the molecule is COC(=O)[C@]12CN(C)C[C@H]1c1cc(OC)cc(OC)c1CN2. The van der Waals surface area contributed by atoms with E-state index in [2.05, 4.69) is 10.2 Å². The molecule has 2 atom stereocenters. The third kappa shape index (κ3) is 2.06. The molecule has 1 fully saturated rings. The number of carbonyl (C=O) groups is 1. The van der Waals surface area contributed by atoms with Crippen LogP contribution in [-0.4, -0.2) is 57.9 Å². The van der Waals surface area contributed by atoms with Crippen molar-refractivity contribution in [2.45, 2.75) is 18.0 Å². The van der Waals surface area contributed by atoms with Gasteiger partial charge in [0.15, 0.2) is 0 Å². The van der Waals surface area contributed by atoms with Crippen molar-refractivity contribution in [1.29, 1.82) is 0 Å². The molecule has 2 aliphatic heterocycles. The maximum absolute atomic E-state index is 12.5. The minimum absolute atomic E-state index is 0.0118. The summed E-state index contributed by atoms with van der Waals surface area (Å²) in [5.74, 6) is 1.33. The minimum atomic E-state index is -0.701. The van der Waals surface area contributed by atoms with Crippen molar-refractivity contribution >= 4 is 5.97 Å². The highest BCUT2D eigenvalue weighted by Crippen LogP contribution is 2.45. The molecule has 0 aliphatic carbocycles. The zero-order valence-corrected chi connectivity index (χ0v) is 13.4. The molecule has 120 valence electrons. The molecule has 0 spiro atoms. The van der Waals surface area contributed by atoms with Crippen LogP contribution in [0.3, 0.4) is 0 Å². The number of rotatable bonds is 3. The van der Waals surface area contributed by atoms with Gasteiger partial charge in [-0.3, -0.25) is 5.32 Å². The molecule has 0 amide bonds. The predicted molar refractivity (Wildman–Crippen MR) is 81.4 cm³/mol. The van der Waals surface area contributed by atoms with Gasteiger partial charge < -0.3 is 19.1 Å². The minimum Gasteiger partial charge on any atom is -0.497 e. The van der Waals surface area contributed by atoms with E-state index in [0.717, 1.165) is 29.2 Å². The average Bonchev–Trinajstić information content (AvgIpc) is 2.90. The Balaban J connectivity index is 2.14. The predicted octanol–water partition coefficient (Wildman–Crippen LogP) is 0.748. The molecule has 0 aromatic heterocycles. The second kappa shape index (κ2) is 5.44. The normalized spacial score (nSPS) is 27.0. The van der Waals surface area contributed by atoms with Crippen LogP contribution in [0.2, 0.25) is 0 Å². The van der Waals surface area contributed by atoms with Crippen molar-refractivity contribution in [1.82, 2.24) is 10.2 Å². The molecule has 1 N–H and O–H groups in total. The maximum atomic E-state index is 12.5. The van der Waals surface area contributed by atoms with Gasteiger partial charge >= 0.3 is 5.97 Å². The summed E-state index contributed by atoms with van der Waals surface area (Å²) in [6, 6.07) is 3.89. The van der Waals surface area contributed by atoms with E-state index in [4.69, 9.17) is 14.2 Å². The number of fused-ring (bicyclic) bond motifs is 3. The van der Waals surface area contributed by atoms with Gasteiger partial charge in [0.1, 0.15) is 17.0 Å². The number of esters is 1. The standard InChI is InChI=1S/C16H22N2O4/c1-18-8-13-11-5-10(20-2)6-14(21-3)12(11)7-17-16(13,9-18)15(19)22-4/h5-6,13,17H,7-9H2,1-4H3/t13-,16-/m0/s1. The first-order chi connectivity index (χ1) is 10.6. The molecular formula is C16H22N2O4. The number of likely N-dealkylation sites (tertiary alicyclic amines) is 1. The molecule has 0 radical (unpaired) electrons. The van der Waals surface area contributed by atoms with Gasteiger partial charge in [-0.05, 0) is 18.7 Å². The zero-order valence-electron chi connectivity index (χ0n) is 13.4. The third-order valence-electron chi connectivity index (χ3n) is 4.79. The lowest BCUT2D eigenvalue weighted by molar-refractivity contribution is -0.149. The molecule has 0 bridgehead atoms. The van der Waals surface area contributed by atoms with Gasteiger partial charge in [-0.1, -0.05) is 0 Å². The molecule has 22 heavy (non-hydrogen) atoms. The van der Waals surface area contributed by atoms with E-state index in [-0.39, 0.29) is 11.9 Å². The number of ether oxygens (including phenoxy) is 3. The van der Waals surface area contributed by atoms with Crippen molar-refractivity contribution in [2.75, 3.05) is 41.5 Å². The topological polar surface area (TPSA) is 60.0 Å². The smallest absolute Gasteiger partial charge is 0.328 e. The first kappa shape index (κ1) is 15.1. The summed E-state index contributed by atoms with van der Waals surface area (Å²) >= 11 is 0. The molecule has 1 saturated heterocycles. The van der Waals surface area contributed by atoms with E-state index in [1.165, 1.54) is 7.11 Å². The highest BCUT2D eigenvalue weighted by Gasteiger charge is 2.55.